The lowest BCUT2D eigenvalue weighted by Crippen LogP contribution is -2.59. The number of carboxylic acid groups (broad SMARTS) is 2. The lowest BCUT2D eigenvalue weighted by molar-refractivity contribution is -0.143. The van der Waals surface area contributed by atoms with Crippen molar-refractivity contribution in [3.63, 3.8) is 0 Å². The first kappa shape index (κ1) is 47.8. The summed E-state index contributed by atoms with van der Waals surface area (Å²) in [5, 5.41) is 31.4. The van der Waals surface area contributed by atoms with Gasteiger partial charge in [-0.05, 0) is 63.7 Å². The van der Waals surface area contributed by atoms with Gasteiger partial charge in [0.15, 0.2) is 11.9 Å². The average molecular weight is 757 g/mol. The second-order valence-electron chi connectivity index (χ2n) is 13.5. The van der Waals surface area contributed by atoms with Crippen molar-refractivity contribution in [1.29, 1.82) is 0 Å². The van der Waals surface area contributed by atoms with Crippen molar-refractivity contribution in [3.05, 3.63) is 0 Å². The van der Waals surface area contributed by atoms with Gasteiger partial charge in [-0.15, -0.1) is 0 Å². The molecule has 6 unspecified atom stereocenters. The zero-order valence-electron chi connectivity index (χ0n) is 31.2. The Morgan fingerprint density at radius 1 is 0.547 bits per heavy atom. The predicted octanol–water partition coefficient (Wildman–Crippen LogP) is -3.09. The molecule has 0 aliphatic heterocycles. The number of nitrogens with two attached hydrogens (primary N) is 5. The third-order valence-electron chi connectivity index (χ3n) is 7.58. The Morgan fingerprint density at radius 2 is 0.962 bits per heavy atom. The molecule has 0 bridgehead atoms. The molecule has 5 amide bonds. The van der Waals surface area contributed by atoms with E-state index in [1.165, 1.54) is 6.92 Å². The van der Waals surface area contributed by atoms with Crippen LogP contribution in [0.4, 0.5) is 0 Å². The van der Waals surface area contributed by atoms with Gasteiger partial charge in [0.1, 0.15) is 30.2 Å². The van der Waals surface area contributed by atoms with Crippen molar-refractivity contribution < 1.29 is 43.8 Å². The van der Waals surface area contributed by atoms with Gasteiger partial charge in [-0.3, -0.25) is 38.8 Å². The molecule has 0 saturated heterocycles. The van der Waals surface area contributed by atoms with E-state index >= 15 is 0 Å². The van der Waals surface area contributed by atoms with Crippen LogP contribution in [0.2, 0.25) is 0 Å². The van der Waals surface area contributed by atoms with Crippen LogP contribution >= 0.6 is 0 Å². The third-order valence-corrected chi connectivity index (χ3v) is 7.58. The van der Waals surface area contributed by atoms with Crippen molar-refractivity contribution in [1.82, 2.24) is 26.6 Å². The number of carbonyl (C=O) groups excluding carboxylic acids is 5. The van der Waals surface area contributed by atoms with Crippen LogP contribution in [0.5, 0.6) is 0 Å². The highest BCUT2D eigenvalue weighted by Gasteiger charge is 2.32. The van der Waals surface area contributed by atoms with Gasteiger partial charge in [-0.2, -0.15) is 0 Å². The molecule has 0 fully saturated rings. The highest BCUT2D eigenvalue weighted by Crippen LogP contribution is 2.10. The van der Waals surface area contributed by atoms with Crippen molar-refractivity contribution in [2.45, 2.75) is 122 Å². The summed E-state index contributed by atoms with van der Waals surface area (Å²) in [5.41, 5.74) is 27.2. The van der Waals surface area contributed by atoms with E-state index in [1.807, 2.05) is 0 Å². The second-order valence-corrected chi connectivity index (χ2v) is 13.5. The fourth-order valence-corrected chi connectivity index (χ4v) is 4.85. The van der Waals surface area contributed by atoms with Gasteiger partial charge >= 0.3 is 11.9 Å². The summed E-state index contributed by atoms with van der Waals surface area (Å²) in [6.07, 6.45) is 0.0321. The molecule has 53 heavy (non-hydrogen) atoms. The van der Waals surface area contributed by atoms with Gasteiger partial charge in [-0.1, -0.05) is 27.7 Å². The van der Waals surface area contributed by atoms with Gasteiger partial charge in [0.25, 0.3) is 0 Å². The third kappa shape index (κ3) is 21.7. The van der Waals surface area contributed by atoms with Crippen molar-refractivity contribution in [2.24, 2.45) is 50.5 Å². The van der Waals surface area contributed by atoms with Crippen LogP contribution in [0, 0.1) is 11.8 Å². The Bertz CT molecular complexity index is 1300. The standard InChI is InChI=1S/C32H60N12O9/c1-16(2)14-22(43-25(47)18(5)40-26(48)19(33)8-6-12-38-31(34)35)29(51)42-21(10-11-24(45)46)28(50)41-20(9-7-13-39-32(36)37)27(49)44-23(30(52)53)15-17(3)4/h16-23H,6-15,33H2,1-5H3,(H,40,48)(H,41,50)(H,42,51)(H,43,47)(H,44,49)(H,45,46)(H,52,53)(H4,34,35,38)(H4,36,37,39). The number of carboxylic acids is 2. The number of aliphatic imine (C=N–C) groups is 2. The van der Waals surface area contributed by atoms with E-state index in [4.69, 9.17) is 28.7 Å². The molecule has 6 atom stereocenters. The number of nitrogens with zero attached hydrogens (tertiary/aromatic N) is 2. The van der Waals surface area contributed by atoms with Gasteiger partial charge in [0, 0.05) is 19.5 Å². The van der Waals surface area contributed by atoms with Gasteiger partial charge in [0.05, 0.1) is 6.04 Å². The number of guanidine groups is 2. The van der Waals surface area contributed by atoms with Crippen LogP contribution in [-0.2, 0) is 33.6 Å². The molecule has 21 nitrogen and oxygen atoms in total. The molecule has 0 heterocycles. The van der Waals surface area contributed by atoms with Crippen LogP contribution in [0.25, 0.3) is 0 Å². The number of carbonyl (C=O) groups is 7. The fourth-order valence-electron chi connectivity index (χ4n) is 4.85. The number of rotatable bonds is 26. The van der Waals surface area contributed by atoms with E-state index in [0.717, 1.165) is 0 Å². The molecule has 0 radical (unpaired) electrons. The number of hydrogen-bond donors (Lipinski definition) is 12. The van der Waals surface area contributed by atoms with E-state index in [9.17, 15) is 43.8 Å². The first-order valence-electron chi connectivity index (χ1n) is 17.5. The van der Waals surface area contributed by atoms with Crippen LogP contribution in [0.3, 0.4) is 0 Å². The minimum atomic E-state index is -1.49. The molecule has 0 spiro atoms. The summed E-state index contributed by atoms with van der Waals surface area (Å²) >= 11 is 0. The largest absolute Gasteiger partial charge is 0.481 e. The van der Waals surface area contributed by atoms with Crippen LogP contribution in [0.1, 0.15) is 86.0 Å². The quantitative estimate of drug-likeness (QED) is 0.0236. The normalized spacial score (nSPS) is 14.3. The van der Waals surface area contributed by atoms with Crippen molar-refractivity contribution >= 4 is 53.4 Å². The highest BCUT2D eigenvalue weighted by atomic mass is 16.4. The lowest BCUT2D eigenvalue weighted by Gasteiger charge is -2.27. The Hall–Kier alpha value is -5.21. The Balaban J connectivity index is 6.02. The topological polar surface area (TPSA) is 375 Å². The van der Waals surface area contributed by atoms with Crippen LogP contribution in [0.15, 0.2) is 9.98 Å². The summed E-state index contributed by atoms with van der Waals surface area (Å²) in [5.74, 6) is -7.02. The molecule has 17 N–H and O–H groups in total. The molecule has 302 valence electrons. The fraction of sp³-hybridized carbons (Fsp3) is 0.719. The molecule has 0 saturated carbocycles. The number of aliphatic carboxylic acids is 2. The summed E-state index contributed by atoms with van der Waals surface area (Å²) in [4.78, 5) is 97.0. The Morgan fingerprint density at radius 3 is 1.42 bits per heavy atom. The smallest absolute Gasteiger partial charge is 0.326 e. The number of nitrogens with one attached hydrogen (secondary N) is 5. The summed E-state index contributed by atoms with van der Waals surface area (Å²) < 4.78 is 0. The van der Waals surface area contributed by atoms with E-state index in [0.29, 0.717) is 6.42 Å². The Labute approximate surface area is 309 Å². The van der Waals surface area contributed by atoms with E-state index < -0.39 is 90.6 Å². The predicted molar refractivity (Wildman–Crippen MR) is 197 cm³/mol. The SMILES string of the molecule is CC(C)CC(NC(=O)C(CCCN=C(N)N)NC(=O)C(CCC(=O)O)NC(=O)C(CC(C)C)NC(=O)C(C)NC(=O)C(N)CCCN=C(N)N)C(=O)O. The maximum absolute atomic E-state index is 13.6. The molecule has 0 aromatic heterocycles. The number of hydrogen-bond acceptors (Lipinski definition) is 10. The highest BCUT2D eigenvalue weighted by molar-refractivity contribution is 5.96. The van der Waals surface area contributed by atoms with Crippen molar-refractivity contribution in [3.8, 4) is 0 Å². The minimum Gasteiger partial charge on any atom is -0.481 e. The monoisotopic (exact) mass is 756 g/mol. The van der Waals surface area contributed by atoms with Gasteiger partial charge < -0.3 is 65.5 Å². The maximum atomic E-state index is 13.6. The second kappa shape index (κ2) is 24.9. The molecule has 0 aliphatic carbocycles. The maximum Gasteiger partial charge on any atom is 0.326 e. The zero-order valence-corrected chi connectivity index (χ0v) is 31.2. The van der Waals surface area contributed by atoms with E-state index in [2.05, 4.69) is 36.6 Å². The molecule has 21 heteroatoms. The van der Waals surface area contributed by atoms with E-state index in [-0.39, 0.29) is 68.9 Å². The van der Waals surface area contributed by atoms with Crippen molar-refractivity contribution in [2.75, 3.05) is 13.1 Å². The molecule has 0 aromatic rings. The summed E-state index contributed by atoms with van der Waals surface area (Å²) in [6.45, 7) is 8.83. The molecule has 0 aromatic carbocycles. The van der Waals surface area contributed by atoms with Crippen LogP contribution < -0.4 is 55.3 Å². The zero-order chi connectivity index (χ0) is 40.8. The molecule has 0 rings (SSSR count). The first-order valence-corrected chi connectivity index (χ1v) is 17.5. The Kier molecular flexibility index (Phi) is 22.4. The molecular weight excluding hydrogens is 696 g/mol. The van der Waals surface area contributed by atoms with Gasteiger partial charge in [0.2, 0.25) is 29.5 Å². The molecule has 0 aliphatic rings. The first-order chi connectivity index (χ1) is 24.6. The minimum absolute atomic E-state index is 0.0441. The molecular formula is C32H60N12O9. The number of amides is 5. The average Bonchev–Trinajstić information content (AvgIpc) is 3.04. The van der Waals surface area contributed by atoms with Crippen LogP contribution in [-0.4, -0.2) is 113 Å². The summed E-state index contributed by atoms with van der Waals surface area (Å²) in [6, 6.07) is -7.38. The lowest BCUT2D eigenvalue weighted by atomic mass is 10.0. The summed E-state index contributed by atoms with van der Waals surface area (Å²) in [7, 11) is 0. The van der Waals surface area contributed by atoms with Gasteiger partial charge in [-0.25, -0.2) is 4.79 Å². The van der Waals surface area contributed by atoms with E-state index in [1.54, 1.807) is 27.7 Å².